The van der Waals surface area contributed by atoms with E-state index in [4.69, 9.17) is 9.47 Å². The number of carbonyl (C=O) groups excluding carboxylic acids is 1. The summed E-state index contributed by atoms with van der Waals surface area (Å²) >= 11 is 0. The monoisotopic (exact) mass is 434 g/mol. The van der Waals surface area contributed by atoms with Crippen molar-refractivity contribution in [3.8, 4) is 5.75 Å². The first-order chi connectivity index (χ1) is 14.7. The number of para-hydroxylation sites is 1. The van der Waals surface area contributed by atoms with E-state index < -0.39 is 43.1 Å². The maximum Gasteiger partial charge on any atom is 0.311 e. The number of phenolic OH excluding ortho intramolecular Hbond substituents is 1. The molecule has 0 aromatic heterocycles. The van der Waals surface area contributed by atoms with Gasteiger partial charge in [-0.1, -0.05) is 42.5 Å². The first kappa shape index (κ1) is 23.3. The van der Waals surface area contributed by atoms with E-state index in [2.05, 4.69) is 0 Å². The van der Waals surface area contributed by atoms with Gasteiger partial charge in [-0.3, -0.25) is 4.79 Å². The summed E-state index contributed by atoms with van der Waals surface area (Å²) in [6.45, 7) is 0.792. The van der Waals surface area contributed by atoms with Crippen LogP contribution in [0.4, 0.5) is 0 Å². The lowest BCUT2D eigenvalue weighted by molar-refractivity contribution is -0.456. The van der Waals surface area contributed by atoms with Gasteiger partial charge in [0.05, 0.1) is 18.3 Å². The molecular formula is C22H26O9. The summed E-state index contributed by atoms with van der Waals surface area (Å²) in [6, 6.07) is 13.1. The maximum atomic E-state index is 12.7. The second kappa shape index (κ2) is 9.41. The minimum absolute atomic E-state index is 0.0164. The number of aromatic hydroxyl groups is 1. The molecule has 9 nitrogen and oxygen atoms in total. The molecule has 1 aliphatic heterocycles. The highest BCUT2D eigenvalue weighted by Gasteiger charge is 2.54. The van der Waals surface area contributed by atoms with Gasteiger partial charge in [0.15, 0.2) is 11.9 Å². The van der Waals surface area contributed by atoms with Crippen LogP contribution in [0.2, 0.25) is 0 Å². The summed E-state index contributed by atoms with van der Waals surface area (Å²) < 4.78 is 10.5. The molecule has 0 saturated carbocycles. The lowest BCUT2D eigenvalue weighted by Gasteiger charge is -2.45. The van der Waals surface area contributed by atoms with Gasteiger partial charge in [0.25, 0.3) is 0 Å². The number of hydrogen-bond donors (Lipinski definition) is 6. The van der Waals surface area contributed by atoms with Crippen LogP contribution in [-0.4, -0.2) is 79.5 Å². The van der Waals surface area contributed by atoms with Crippen LogP contribution in [0.5, 0.6) is 5.75 Å². The molecule has 6 N–H and O–H groups in total. The summed E-state index contributed by atoms with van der Waals surface area (Å²) in [5.41, 5.74) is 0.861. The molecule has 0 radical (unpaired) electrons. The number of ether oxygens (including phenoxy) is 2. The van der Waals surface area contributed by atoms with Gasteiger partial charge in [0.1, 0.15) is 24.1 Å². The van der Waals surface area contributed by atoms with Crippen LogP contribution < -0.4 is 0 Å². The molecule has 0 aliphatic carbocycles. The van der Waals surface area contributed by atoms with Crippen molar-refractivity contribution in [1.29, 1.82) is 0 Å². The Hall–Kier alpha value is -2.37. The third-order valence-corrected chi connectivity index (χ3v) is 5.21. The Morgan fingerprint density at radius 3 is 2.42 bits per heavy atom. The predicted octanol–water partition coefficient (Wildman–Crippen LogP) is -0.309. The van der Waals surface area contributed by atoms with Gasteiger partial charge in [-0.15, -0.1) is 0 Å². The molecule has 0 spiro atoms. The number of ketones is 1. The largest absolute Gasteiger partial charge is 0.507 e. The fourth-order valence-electron chi connectivity index (χ4n) is 3.55. The molecule has 3 rings (SSSR count). The molecule has 31 heavy (non-hydrogen) atoms. The van der Waals surface area contributed by atoms with Gasteiger partial charge in [-0.2, -0.15) is 0 Å². The predicted molar refractivity (Wildman–Crippen MR) is 107 cm³/mol. The minimum Gasteiger partial charge on any atom is -0.507 e. The fraction of sp³-hybridized carbons (Fsp3) is 0.409. The van der Waals surface area contributed by atoms with Crippen LogP contribution in [0.25, 0.3) is 0 Å². The summed E-state index contributed by atoms with van der Waals surface area (Å²) in [5, 5.41) is 60.3. The summed E-state index contributed by atoms with van der Waals surface area (Å²) in [7, 11) is 0. The van der Waals surface area contributed by atoms with Crippen LogP contribution in [-0.2, 0) is 15.9 Å². The highest BCUT2D eigenvalue weighted by atomic mass is 16.8. The molecule has 1 fully saturated rings. The first-order valence-corrected chi connectivity index (χ1v) is 9.81. The Labute approximate surface area is 178 Å². The van der Waals surface area contributed by atoms with Gasteiger partial charge < -0.3 is 40.1 Å². The Morgan fingerprint density at radius 1 is 1.10 bits per heavy atom. The number of aliphatic hydroxyl groups is 5. The zero-order chi connectivity index (χ0) is 22.8. The van der Waals surface area contributed by atoms with E-state index >= 15 is 0 Å². The van der Waals surface area contributed by atoms with Crippen molar-refractivity contribution in [3.05, 3.63) is 65.2 Å². The molecule has 2 unspecified atom stereocenters. The molecule has 168 valence electrons. The van der Waals surface area contributed by atoms with E-state index in [1.54, 1.807) is 42.5 Å². The number of phenols is 1. The molecule has 1 aliphatic rings. The van der Waals surface area contributed by atoms with Crippen LogP contribution in [0, 0.1) is 0 Å². The third kappa shape index (κ3) is 4.78. The van der Waals surface area contributed by atoms with E-state index in [9.17, 15) is 35.4 Å². The molecule has 0 amide bonds. The fourth-order valence-corrected chi connectivity index (χ4v) is 3.55. The molecule has 6 atom stereocenters. The van der Waals surface area contributed by atoms with Crippen molar-refractivity contribution >= 4 is 5.78 Å². The summed E-state index contributed by atoms with van der Waals surface area (Å²) in [6.07, 6.45) is -7.67. The number of benzene rings is 2. The third-order valence-electron chi connectivity index (χ3n) is 5.21. The minimum atomic E-state index is -2.70. The second-order valence-electron chi connectivity index (χ2n) is 7.54. The van der Waals surface area contributed by atoms with Gasteiger partial charge in [-0.25, -0.2) is 0 Å². The molecule has 1 heterocycles. The van der Waals surface area contributed by atoms with Crippen LogP contribution in [0.3, 0.4) is 0 Å². The van der Waals surface area contributed by atoms with E-state index in [-0.39, 0.29) is 23.5 Å². The molecule has 2 aromatic carbocycles. The molecule has 0 bridgehead atoms. The van der Waals surface area contributed by atoms with E-state index in [1.165, 1.54) is 13.0 Å². The quantitative estimate of drug-likeness (QED) is 0.254. The smallest absolute Gasteiger partial charge is 0.311 e. The van der Waals surface area contributed by atoms with Crippen molar-refractivity contribution in [1.82, 2.24) is 0 Å². The molecule has 1 saturated heterocycles. The lowest BCUT2D eigenvalue weighted by atomic mass is 9.96. The average Bonchev–Trinajstić information content (AvgIpc) is 2.76. The van der Waals surface area contributed by atoms with Crippen molar-refractivity contribution in [2.75, 3.05) is 6.61 Å². The summed E-state index contributed by atoms with van der Waals surface area (Å²) in [5.74, 6) is -3.30. The van der Waals surface area contributed by atoms with E-state index in [0.717, 1.165) is 0 Å². The Kier molecular flexibility index (Phi) is 7.07. The second-order valence-corrected chi connectivity index (χ2v) is 7.54. The van der Waals surface area contributed by atoms with Gasteiger partial charge >= 0.3 is 5.97 Å². The van der Waals surface area contributed by atoms with Crippen molar-refractivity contribution in [2.45, 2.75) is 49.8 Å². The number of hydrogen-bond acceptors (Lipinski definition) is 9. The normalized spacial score (nSPS) is 29.5. The Bertz CT molecular complexity index is 901. The number of aliphatic hydroxyl groups excluding tert-OH is 4. The Morgan fingerprint density at radius 2 is 1.77 bits per heavy atom. The molecular weight excluding hydrogens is 408 g/mol. The van der Waals surface area contributed by atoms with Gasteiger partial charge in [0.2, 0.25) is 0 Å². The lowest BCUT2D eigenvalue weighted by Crippen LogP contribution is -2.66. The van der Waals surface area contributed by atoms with E-state index in [0.29, 0.717) is 11.1 Å². The summed E-state index contributed by atoms with van der Waals surface area (Å²) in [4.78, 5) is 12.7. The van der Waals surface area contributed by atoms with Crippen molar-refractivity contribution < 1.29 is 44.9 Å². The topological polar surface area (TPSA) is 157 Å². The van der Waals surface area contributed by atoms with Crippen LogP contribution in [0.1, 0.15) is 28.4 Å². The maximum absolute atomic E-state index is 12.7. The molecule has 9 heteroatoms. The Balaban J connectivity index is 1.76. The zero-order valence-electron chi connectivity index (χ0n) is 16.8. The average molecular weight is 434 g/mol. The zero-order valence-corrected chi connectivity index (χ0v) is 16.8. The highest BCUT2D eigenvalue weighted by Crippen LogP contribution is 2.32. The number of rotatable bonds is 7. The van der Waals surface area contributed by atoms with Gasteiger partial charge in [0, 0.05) is 12.0 Å². The molecule has 2 aromatic rings. The van der Waals surface area contributed by atoms with Crippen LogP contribution >= 0.6 is 0 Å². The van der Waals surface area contributed by atoms with Crippen molar-refractivity contribution in [2.24, 2.45) is 0 Å². The standard InChI is InChI=1S/C22H26O9/c1-12(30-22(29)21(28)20(27)19(26)16(11-23)31-22)10-14-8-5-9-15(18(14)25)17(24)13-6-3-2-4-7-13/h2-9,12,16,19-21,23,25-29H,10-11H2,1H3/t12?,16-,19-,20+,21-,22?/m1/s1. The van der Waals surface area contributed by atoms with Crippen LogP contribution in [0.15, 0.2) is 48.5 Å². The van der Waals surface area contributed by atoms with Crippen molar-refractivity contribution in [3.63, 3.8) is 0 Å². The number of carbonyl (C=O) groups is 1. The van der Waals surface area contributed by atoms with Gasteiger partial charge in [-0.05, 0) is 18.6 Å². The first-order valence-electron chi connectivity index (χ1n) is 9.81. The van der Waals surface area contributed by atoms with E-state index in [1.807, 2.05) is 0 Å². The highest BCUT2D eigenvalue weighted by molar-refractivity contribution is 6.10. The SMILES string of the molecule is CC(Cc1cccc(C(=O)c2ccccc2)c1O)OC1(O)O[C@H](CO)[C@@H](O)[C@H](O)[C@H]1O.